The summed E-state index contributed by atoms with van der Waals surface area (Å²) in [6.07, 6.45) is 18.0. The van der Waals surface area contributed by atoms with E-state index in [0.29, 0.717) is 22.1 Å². The Bertz CT molecular complexity index is 1790. The average molecular weight is 576 g/mol. The van der Waals surface area contributed by atoms with Crippen molar-refractivity contribution in [1.29, 1.82) is 0 Å². The van der Waals surface area contributed by atoms with Crippen LogP contribution in [0, 0.1) is 5.92 Å². The minimum absolute atomic E-state index is 0.107. The molecule has 6 heteroatoms. The summed E-state index contributed by atoms with van der Waals surface area (Å²) < 4.78 is 5.04. The van der Waals surface area contributed by atoms with E-state index in [-0.39, 0.29) is 17.9 Å². The van der Waals surface area contributed by atoms with Crippen molar-refractivity contribution in [1.82, 2.24) is 4.90 Å². The fourth-order valence-electron chi connectivity index (χ4n) is 7.87. The molecule has 0 radical (unpaired) electrons. The van der Waals surface area contributed by atoms with Gasteiger partial charge in [-0.15, -0.1) is 0 Å². The molecule has 0 N–H and O–H groups in total. The van der Waals surface area contributed by atoms with E-state index in [1.54, 1.807) is 11.0 Å². The zero-order chi connectivity index (χ0) is 29.8. The van der Waals surface area contributed by atoms with Crippen LogP contribution in [0.4, 0.5) is 0 Å². The summed E-state index contributed by atoms with van der Waals surface area (Å²) in [4.78, 5) is 55.4. The number of carbonyl (C=O) groups is 4. The zero-order valence-electron chi connectivity index (χ0n) is 24.9. The fourth-order valence-corrected chi connectivity index (χ4v) is 7.87. The van der Waals surface area contributed by atoms with E-state index in [0.717, 1.165) is 96.7 Å². The molecule has 1 saturated heterocycles. The van der Waals surface area contributed by atoms with Gasteiger partial charge in [-0.05, 0) is 57.5 Å². The van der Waals surface area contributed by atoms with Gasteiger partial charge in [-0.25, -0.2) is 4.79 Å². The van der Waals surface area contributed by atoms with Gasteiger partial charge in [-0.3, -0.25) is 19.3 Å². The number of imide groups is 1. The number of allylic oxidation sites excluding steroid dienone is 1. The number of rotatable bonds is 11. The van der Waals surface area contributed by atoms with Gasteiger partial charge >= 0.3 is 11.9 Å². The Morgan fingerprint density at radius 2 is 1.42 bits per heavy atom. The van der Waals surface area contributed by atoms with Crippen LogP contribution in [0.5, 0.6) is 0 Å². The molecule has 2 aliphatic carbocycles. The Balaban J connectivity index is 1.36. The van der Waals surface area contributed by atoms with E-state index in [9.17, 15) is 19.2 Å². The maximum absolute atomic E-state index is 14.2. The molecule has 3 aromatic carbocycles. The lowest BCUT2D eigenvalue weighted by Gasteiger charge is -2.37. The highest BCUT2D eigenvalue weighted by molar-refractivity contribution is 6.31. The molecule has 2 atom stereocenters. The van der Waals surface area contributed by atoms with Gasteiger partial charge in [-0.1, -0.05) is 102 Å². The number of ether oxygens (including phenoxy) is 1. The highest BCUT2D eigenvalue weighted by Crippen LogP contribution is 2.47. The number of hydrogen-bond acceptors (Lipinski definition) is 5. The number of carbonyl (C=O) groups excluding carboxylic acids is 4. The number of nitrogens with zero attached hydrogens (tertiary/aromatic N) is 1. The van der Waals surface area contributed by atoms with Crippen LogP contribution >= 0.6 is 0 Å². The molecular formula is C37H37NO5. The second kappa shape index (κ2) is 10.9. The molecule has 2 aliphatic heterocycles. The summed E-state index contributed by atoms with van der Waals surface area (Å²) in [6, 6.07) is 7.61. The highest BCUT2D eigenvalue weighted by atomic mass is 16.6. The molecule has 0 saturated carbocycles. The monoisotopic (exact) mass is 575 g/mol. The van der Waals surface area contributed by atoms with Gasteiger partial charge in [0.05, 0.1) is 5.92 Å². The molecular weight excluding hydrogens is 538 g/mol. The Morgan fingerprint density at radius 3 is 2.07 bits per heavy atom. The van der Waals surface area contributed by atoms with Gasteiger partial charge in [0, 0.05) is 34.0 Å². The minimum atomic E-state index is -0.588. The van der Waals surface area contributed by atoms with Crippen LogP contribution in [0.15, 0.2) is 42.0 Å². The van der Waals surface area contributed by atoms with Gasteiger partial charge in [0.1, 0.15) is 0 Å². The third kappa shape index (κ3) is 4.21. The number of unbranched alkanes of at least 4 members (excludes halogenated alkanes) is 6. The standard InChI is InChI=1S/C37H37NO5/c1-3-5-7-9-11-21(12-10-8-6-4-2)38-34(39)26-17-13-22-24-15-19-28-33-29(37(42)43-36(28)41)20-16-25(31(24)33)23-14-18-27(35(38)40)32(26)30(22)23/h13-21,28,33H,3-12H2,1-2H3. The van der Waals surface area contributed by atoms with E-state index < -0.39 is 23.8 Å². The molecule has 1 fully saturated rings. The molecule has 7 rings (SSSR count). The third-order valence-electron chi connectivity index (χ3n) is 9.97. The van der Waals surface area contributed by atoms with Gasteiger partial charge in [-0.2, -0.15) is 0 Å². The molecule has 2 heterocycles. The Labute approximate surface area is 251 Å². The molecule has 2 amide bonds. The summed E-state index contributed by atoms with van der Waals surface area (Å²) in [5.41, 5.74) is 3.52. The van der Waals surface area contributed by atoms with Crippen molar-refractivity contribution in [2.45, 2.75) is 90.0 Å². The quantitative estimate of drug-likeness (QED) is 0.105. The molecule has 4 aliphatic rings. The number of benzene rings is 3. The lowest BCUT2D eigenvalue weighted by molar-refractivity contribution is -0.162. The van der Waals surface area contributed by atoms with E-state index in [4.69, 9.17) is 4.74 Å². The fraction of sp³-hybridized carbons (Fsp3) is 0.405. The van der Waals surface area contributed by atoms with Gasteiger partial charge < -0.3 is 4.74 Å². The summed E-state index contributed by atoms with van der Waals surface area (Å²) in [5, 5.41) is 4.40. The predicted octanol–water partition coefficient (Wildman–Crippen LogP) is 7.15. The van der Waals surface area contributed by atoms with Crippen molar-refractivity contribution in [3.05, 3.63) is 69.5 Å². The molecule has 2 unspecified atom stereocenters. The molecule has 0 bridgehead atoms. The van der Waals surface area contributed by atoms with Crippen molar-refractivity contribution >= 4 is 57.4 Å². The maximum Gasteiger partial charge on any atom is 0.342 e. The normalized spacial score (nSPS) is 20.2. The largest absolute Gasteiger partial charge is 0.389 e. The highest BCUT2D eigenvalue weighted by Gasteiger charge is 2.46. The van der Waals surface area contributed by atoms with Crippen molar-refractivity contribution in [2.24, 2.45) is 5.92 Å². The Hall–Kier alpha value is -4.06. The Morgan fingerprint density at radius 1 is 0.767 bits per heavy atom. The van der Waals surface area contributed by atoms with E-state index in [2.05, 4.69) is 13.8 Å². The molecule has 43 heavy (non-hydrogen) atoms. The summed E-state index contributed by atoms with van der Waals surface area (Å²) >= 11 is 0. The first kappa shape index (κ1) is 27.8. The van der Waals surface area contributed by atoms with Crippen molar-refractivity contribution < 1.29 is 23.9 Å². The van der Waals surface area contributed by atoms with Crippen LogP contribution in [0.2, 0.25) is 0 Å². The first-order valence-corrected chi connectivity index (χ1v) is 16.0. The minimum Gasteiger partial charge on any atom is -0.389 e. The zero-order valence-corrected chi connectivity index (χ0v) is 24.9. The van der Waals surface area contributed by atoms with Crippen LogP contribution in [0.1, 0.15) is 116 Å². The van der Waals surface area contributed by atoms with Gasteiger partial charge in [0.2, 0.25) is 0 Å². The summed E-state index contributed by atoms with van der Waals surface area (Å²) in [7, 11) is 0. The van der Waals surface area contributed by atoms with Gasteiger partial charge in [0.15, 0.2) is 0 Å². The lowest BCUT2D eigenvalue weighted by Crippen LogP contribution is -2.47. The number of fused-ring (bicyclic) bond motifs is 2. The van der Waals surface area contributed by atoms with Crippen LogP contribution in [0.25, 0.3) is 33.7 Å². The number of amides is 2. The molecule has 0 aromatic heterocycles. The van der Waals surface area contributed by atoms with Crippen molar-refractivity contribution in [3.8, 4) is 0 Å². The average Bonchev–Trinajstić information content (AvgIpc) is 3.01. The van der Waals surface area contributed by atoms with Crippen molar-refractivity contribution in [3.63, 3.8) is 0 Å². The number of cyclic esters (lactones) is 2. The summed E-state index contributed by atoms with van der Waals surface area (Å²) in [6.45, 7) is 4.38. The maximum atomic E-state index is 14.2. The summed E-state index contributed by atoms with van der Waals surface area (Å²) in [5.74, 6) is -2.46. The lowest BCUT2D eigenvalue weighted by atomic mass is 9.69. The number of hydrogen-bond donors (Lipinski definition) is 0. The first-order chi connectivity index (χ1) is 21.0. The van der Waals surface area contributed by atoms with E-state index in [1.165, 1.54) is 0 Å². The van der Waals surface area contributed by atoms with E-state index >= 15 is 0 Å². The van der Waals surface area contributed by atoms with Crippen LogP contribution < -0.4 is 5.22 Å². The smallest absolute Gasteiger partial charge is 0.342 e. The van der Waals surface area contributed by atoms with E-state index in [1.807, 2.05) is 42.5 Å². The SMILES string of the molecule is CCCCCCC(CCCCCC)N1C(=O)c2ccc3c4c5c(c6ccc(c2c36)C1=O)=CC=C1C(=O)OC(=O)C(C=C4)C15. The second-order valence-corrected chi connectivity index (χ2v) is 12.5. The van der Waals surface area contributed by atoms with Gasteiger partial charge in [0.25, 0.3) is 11.8 Å². The van der Waals surface area contributed by atoms with Crippen LogP contribution in [-0.4, -0.2) is 34.7 Å². The predicted molar refractivity (Wildman–Crippen MR) is 167 cm³/mol. The number of esters is 2. The first-order valence-electron chi connectivity index (χ1n) is 16.0. The van der Waals surface area contributed by atoms with Crippen LogP contribution in [-0.2, 0) is 14.3 Å². The van der Waals surface area contributed by atoms with Crippen LogP contribution in [0.3, 0.4) is 0 Å². The molecule has 3 aromatic rings. The Kier molecular flexibility index (Phi) is 7.03. The topological polar surface area (TPSA) is 80.8 Å². The third-order valence-corrected chi connectivity index (χ3v) is 9.97. The van der Waals surface area contributed by atoms with Crippen molar-refractivity contribution in [2.75, 3.05) is 0 Å². The molecule has 0 spiro atoms. The molecule has 6 nitrogen and oxygen atoms in total. The second-order valence-electron chi connectivity index (χ2n) is 12.5. The molecule has 220 valence electrons.